The number of carbonyl (C=O) groups excluding carboxylic acids is 1. The number of rotatable bonds is 3. The van der Waals surface area contributed by atoms with Gasteiger partial charge in [-0.15, -0.1) is 0 Å². The molecule has 0 aliphatic carbocycles. The van der Waals surface area contributed by atoms with Crippen molar-refractivity contribution in [2.24, 2.45) is 0 Å². The summed E-state index contributed by atoms with van der Waals surface area (Å²) in [6.45, 7) is 4.92. The van der Waals surface area contributed by atoms with E-state index in [9.17, 15) is 4.79 Å². The second-order valence-corrected chi connectivity index (χ2v) is 7.39. The van der Waals surface area contributed by atoms with Crippen LogP contribution in [0.25, 0.3) is 0 Å². The third-order valence-corrected chi connectivity index (χ3v) is 3.44. The van der Waals surface area contributed by atoms with E-state index in [0.717, 1.165) is 13.0 Å². The highest BCUT2D eigenvalue weighted by Gasteiger charge is 2.35. The van der Waals surface area contributed by atoms with Crippen molar-refractivity contribution in [1.82, 2.24) is 5.32 Å². The average Bonchev–Trinajstić information content (AvgIpc) is 2.18. The van der Waals surface area contributed by atoms with E-state index < -0.39 is 9.34 Å². The maximum Gasteiger partial charge on any atom is 0.331 e. The maximum absolute atomic E-state index is 11.5. The summed E-state index contributed by atoms with van der Waals surface area (Å²) >= 11 is 6.28. The Morgan fingerprint density at radius 1 is 1.47 bits per heavy atom. The molecule has 1 atom stereocenters. The molecule has 0 saturated carbocycles. The van der Waals surface area contributed by atoms with Gasteiger partial charge in [0.25, 0.3) is 0 Å². The molecule has 0 aromatic heterocycles. The molecule has 1 rings (SSSR count). The van der Waals surface area contributed by atoms with Gasteiger partial charge >= 0.3 is 5.97 Å². The van der Waals surface area contributed by atoms with E-state index in [4.69, 9.17) is 4.74 Å². The van der Waals surface area contributed by atoms with Crippen LogP contribution in [0.5, 0.6) is 0 Å². The Balaban J connectivity index is 2.52. The molecule has 1 saturated heterocycles. The van der Waals surface area contributed by atoms with Crippen molar-refractivity contribution in [3.05, 3.63) is 0 Å². The number of alkyl halides is 2. The summed E-state index contributed by atoms with van der Waals surface area (Å²) in [6.07, 6.45) is 3.47. The van der Waals surface area contributed by atoms with Crippen molar-refractivity contribution in [1.29, 1.82) is 0 Å². The van der Waals surface area contributed by atoms with Crippen LogP contribution in [-0.2, 0) is 9.53 Å². The lowest BCUT2D eigenvalue weighted by Gasteiger charge is -2.37. The van der Waals surface area contributed by atoms with E-state index in [1.165, 1.54) is 12.8 Å². The zero-order valence-corrected chi connectivity index (χ0v) is 12.2. The van der Waals surface area contributed by atoms with Crippen molar-refractivity contribution >= 4 is 37.8 Å². The Labute approximate surface area is 108 Å². The van der Waals surface area contributed by atoms with Crippen molar-refractivity contribution in [2.45, 2.75) is 48.5 Å². The molecule has 1 aliphatic rings. The van der Waals surface area contributed by atoms with Crippen molar-refractivity contribution in [2.75, 3.05) is 6.54 Å². The number of hydrogen-bond donors (Lipinski definition) is 1. The largest absolute Gasteiger partial charge is 0.457 e. The summed E-state index contributed by atoms with van der Waals surface area (Å²) in [4.78, 5) is 11.5. The summed E-state index contributed by atoms with van der Waals surface area (Å²) in [6, 6.07) is 0.258. The van der Waals surface area contributed by atoms with Gasteiger partial charge in [-0.3, -0.25) is 0 Å². The number of ether oxygens (including phenoxy) is 1. The van der Waals surface area contributed by atoms with Gasteiger partial charge in [-0.2, -0.15) is 0 Å². The summed E-state index contributed by atoms with van der Waals surface area (Å²) < 4.78 is 5.02. The number of carbonyl (C=O) groups is 1. The predicted molar refractivity (Wildman–Crippen MR) is 67.5 cm³/mol. The van der Waals surface area contributed by atoms with Crippen LogP contribution in [0.3, 0.4) is 0 Å². The molecular weight excluding hydrogens is 326 g/mol. The van der Waals surface area contributed by atoms with Gasteiger partial charge in [0.1, 0.15) is 5.60 Å². The Kier molecular flexibility index (Phi) is 5.06. The highest BCUT2D eigenvalue weighted by atomic mass is 79.9. The van der Waals surface area contributed by atoms with Gasteiger partial charge in [-0.05, 0) is 33.2 Å². The second kappa shape index (κ2) is 5.64. The van der Waals surface area contributed by atoms with Crippen LogP contribution in [0.4, 0.5) is 0 Å². The first-order valence-electron chi connectivity index (χ1n) is 5.18. The van der Waals surface area contributed by atoms with Crippen LogP contribution >= 0.6 is 31.9 Å². The van der Waals surface area contributed by atoms with E-state index in [0.29, 0.717) is 0 Å². The van der Waals surface area contributed by atoms with Crippen molar-refractivity contribution in [3.63, 3.8) is 0 Å². The fourth-order valence-corrected chi connectivity index (χ4v) is 2.01. The molecule has 0 aromatic rings. The van der Waals surface area contributed by atoms with E-state index in [1.807, 2.05) is 13.8 Å². The molecule has 5 heteroatoms. The number of esters is 1. The molecule has 1 N–H and O–H groups in total. The predicted octanol–water partition coefficient (Wildman–Crippen LogP) is 2.57. The summed E-state index contributed by atoms with van der Waals surface area (Å²) in [5.41, 5.74) is -0.447. The van der Waals surface area contributed by atoms with Gasteiger partial charge in [-0.1, -0.05) is 38.3 Å². The molecule has 1 unspecified atom stereocenters. The number of halogens is 2. The molecule has 0 spiro atoms. The zero-order valence-electron chi connectivity index (χ0n) is 9.06. The van der Waals surface area contributed by atoms with E-state index in [1.54, 1.807) is 0 Å². The number of nitrogens with one attached hydrogen (secondary N) is 1. The molecule has 3 nitrogen and oxygen atoms in total. The van der Waals surface area contributed by atoms with Crippen molar-refractivity contribution < 1.29 is 9.53 Å². The summed E-state index contributed by atoms with van der Waals surface area (Å²) in [5, 5.41) is 3.40. The smallest absolute Gasteiger partial charge is 0.331 e. The van der Waals surface area contributed by atoms with Gasteiger partial charge in [0.2, 0.25) is 0 Å². The van der Waals surface area contributed by atoms with Crippen LogP contribution in [0.15, 0.2) is 0 Å². The number of hydrogen-bond acceptors (Lipinski definition) is 3. The first-order valence-corrected chi connectivity index (χ1v) is 7.01. The molecule has 88 valence electrons. The zero-order chi connectivity index (χ0) is 11.5. The summed E-state index contributed by atoms with van der Waals surface area (Å²) in [5.74, 6) is -0.271. The lowest BCUT2D eigenvalue weighted by atomic mass is 9.91. The lowest BCUT2D eigenvalue weighted by molar-refractivity contribution is -0.157. The van der Waals surface area contributed by atoms with Crippen molar-refractivity contribution in [3.8, 4) is 0 Å². The topological polar surface area (TPSA) is 38.3 Å². The first-order chi connectivity index (χ1) is 6.93. The monoisotopic (exact) mass is 341 g/mol. The SMILES string of the molecule is CC(C)(OC(=O)C(Br)Br)C1CCCCN1. The molecule has 15 heavy (non-hydrogen) atoms. The molecular formula is C10H17Br2NO2. The molecule has 1 heterocycles. The van der Waals surface area contributed by atoms with Gasteiger partial charge in [0.15, 0.2) is 3.74 Å². The molecule has 0 radical (unpaired) electrons. The van der Waals surface area contributed by atoms with Crippen LogP contribution in [0.1, 0.15) is 33.1 Å². The standard InChI is InChI=1S/C10H17Br2NO2/c1-10(2,15-9(14)8(11)12)7-5-3-4-6-13-7/h7-8,13H,3-6H2,1-2H3. The third kappa shape index (κ3) is 4.04. The van der Waals surface area contributed by atoms with Crippen LogP contribution in [0.2, 0.25) is 0 Å². The third-order valence-electron chi connectivity index (χ3n) is 2.69. The molecule has 0 bridgehead atoms. The molecule has 1 fully saturated rings. The van der Waals surface area contributed by atoms with Gasteiger partial charge in [-0.25, -0.2) is 4.79 Å². The van der Waals surface area contributed by atoms with Crippen LogP contribution in [0, 0.1) is 0 Å². The Hall–Kier alpha value is 0.390. The minimum atomic E-state index is -0.447. The lowest BCUT2D eigenvalue weighted by Crippen LogP contribution is -2.52. The highest BCUT2D eigenvalue weighted by molar-refractivity contribution is 9.25. The van der Waals surface area contributed by atoms with Crippen LogP contribution < -0.4 is 5.32 Å². The second-order valence-electron chi connectivity index (χ2n) is 4.33. The minimum absolute atomic E-state index is 0.258. The fourth-order valence-electron chi connectivity index (χ4n) is 1.82. The van der Waals surface area contributed by atoms with E-state index in [2.05, 4.69) is 37.2 Å². The minimum Gasteiger partial charge on any atom is -0.457 e. The Morgan fingerprint density at radius 2 is 2.13 bits per heavy atom. The van der Waals surface area contributed by atoms with Gasteiger partial charge in [0, 0.05) is 6.04 Å². The normalized spacial score (nSPS) is 22.9. The van der Waals surface area contributed by atoms with E-state index in [-0.39, 0.29) is 12.0 Å². The molecule has 1 aliphatic heterocycles. The Morgan fingerprint density at radius 3 is 2.60 bits per heavy atom. The maximum atomic E-state index is 11.5. The Bertz CT molecular complexity index is 225. The van der Waals surface area contributed by atoms with Gasteiger partial charge < -0.3 is 10.1 Å². The first kappa shape index (κ1) is 13.5. The summed E-state index contributed by atoms with van der Waals surface area (Å²) in [7, 11) is 0. The van der Waals surface area contributed by atoms with Gasteiger partial charge in [0.05, 0.1) is 0 Å². The highest BCUT2D eigenvalue weighted by Crippen LogP contribution is 2.24. The fraction of sp³-hybridized carbons (Fsp3) is 0.900. The average molecular weight is 343 g/mol. The van der Waals surface area contributed by atoms with Crippen LogP contribution in [-0.4, -0.2) is 27.9 Å². The molecule has 0 aromatic carbocycles. The number of piperidine rings is 1. The quantitative estimate of drug-likeness (QED) is 0.632. The molecule has 0 amide bonds. The van der Waals surface area contributed by atoms with E-state index >= 15 is 0 Å².